The van der Waals surface area contributed by atoms with E-state index in [1.54, 1.807) is 19.1 Å². The van der Waals surface area contributed by atoms with E-state index in [0.717, 1.165) is 5.56 Å². The molecule has 0 N–H and O–H groups in total. The molecule has 0 atom stereocenters. The molecule has 0 saturated heterocycles. The van der Waals surface area contributed by atoms with Crippen LogP contribution >= 0.6 is 39.1 Å². The first kappa shape index (κ1) is 10.0. The molecule has 0 aromatic heterocycles. The summed E-state index contributed by atoms with van der Waals surface area (Å²) in [6.07, 6.45) is 0. The summed E-state index contributed by atoms with van der Waals surface area (Å²) in [5.74, 6) is 0. The van der Waals surface area contributed by atoms with Gasteiger partial charge >= 0.3 is 0 Å². The molecule has 64 valence electrons. The average Bonchev–Trinajstić information content (AvgIpc) is 1.96. The Morgan fingerprint density at radius 2 is 2.08 bits per heavy atom. The number of rotatable bonds is 1. The highest BCUT2D eigenvalue weighted by atomic mass is 79.9. The van der Waals surface area contributed by atoms with Crippen molar-refractivity contribution in [3.63, 3.8) is 0 Å². The minimum atomic E-state index is -0.468. The van der Waals surface area contributed by atoms with Crippen molar-refractivity contribution in [1.82, 2.24) is 0 Å². The zero-order chi connectivity index (χ0) is 9.30. The fourth-order valence-corrected chi connectivity index (χ4v) is 1.62. The lowest BCUT2D eigenvalue weighted by Crippen LogP contribution is -1.93. The summed E-state index contributed by atoms with van der Waals surface area (Å²) in [7, 11) is 0. The molecule has 0 spiro atoms. The number of hydrogen-bond donors (Lipinski definition) is 0. The Bertz CT molecular complexity index is 336. The molecule has 1 aromatic rings. The molecule has 0 heterocycles. The van der Waals surface area contributed by atoms with E-state index in [-0.39, 0.29) is 0 Å². The van der Waals surface area contributed by atoms with E-state index < -0.39 is 5.24 Å². The predicted molar refractivity (Wildman–Crippen MR) is 54.1 cm³/mol. The molecule has 1 rings (SSSR count). The maximum absolute atomic E-state index is 10.8. The monoisotopic (exact) mass is 266 g/mol. The lowest BCUT2D eigenvalue weighted by Gasteiger charge is -2.02. The molecule has 0 bridgehead atoms. The topological polar surface area (TPSA) is 17.1 Å². The Morgan fingerprint density at radius 1 is 1.50 bits per heavy atom. The van der Waals surface area contributed by atoms with Crippen molar-refractivity contribution in [3.05, 3.63) is 32.8 Å². The van der Waals surface area contributed by atoms with E-state index in [0.29, 0.717) is 15.1 Å². The highest BCUT2D eigenvalue weighted by Crippen LogP contribution is 2.26. The highest BCUT2D eigenvalue weighted by Gasteiger charge is 2.08. The smallest absolute Gasteiger partial charge is 0.252 e. The van der Waals surface area contributed by atoms with Crippen LogP contribution in [0.3, 0.4) is 0 Å². The van der Waals surface area contributed by atoms with Crippen LogP contribution in [0.4, 0.5) is 0 Å². The fraction of sp³-hybridized carbons (Fsp3) is 0.125. The Kier molecular flexibility index (Phi) is 3.16. The molecule has 0 aliphatic rings. The van der Waals surface area contributed by atoms with Gasteiger partial charge in [0.25, 0.3) is 5.24 Å². The lowest BCUT2D eigenvalue weighted by molar-refractivity contribution is 0.108. The van der Waals surface area contributed by atoms with Crippen molar-refractivity contribution < 1.29 is 4.79 Å². The van der Waals surface area contributed by atoms with Crippen molar-refractivity contribution in [2.75, 3.05) is 0 Å². The molecule has 1 aromatic carbocycles. The Labute approximate surface area is 88.8 Å². The number of carbonyl (C=O) groups excluding carboxylic acids is 1. The Morgan fingerprint density at radius 3 is 2.58 bits per heavy atom. The molecule has 4 heteroatoms. The molecule has 0 aliphatic carbocycles. The van der Waals surface area contributed by atoms with Crippen LogP contribution in [-0.2, 0) is 0 Å². The fourth-order valence-electron chi connectivity index (χ4n) is 0.858. The summed E-state index contributed by atoms with van der Waals surface area (Å²) in [5.41, 5.74) is 1.26. The van der Waals surface area contributed by atoms with Gasteiger partial charge in [-0.1, -0.05) is 11.6 Å². The molecule has 0 aliphatic heterocycles. The van der Waals surface area contributed by atoms with E-state index in [1.807, 2.05) is 0 Å². The number of benzene rings is 1. The van der Waals surface area contributed by atoms with E-state index in [9.17, 15) is 4.79 Å². The molecular formula is C8H5BrCl2O. The Balaban J connectivity index is 3.33. The van der Waals surface area contributed by atoms with Crippen LogP contribution in [0.15, 0.2) is 16.6 Å². The van der Waals surface area contributed by atoms with Crippen molar-refractivity contribution in [3.8, 4) is 0 Å². The first-order valence-corrected chi connectivity index (χ1v) is 4.72. The molecule has 0 unspecified atom stereocenters. The van der Waals surface area contributed by atoms with Gasteiger partial charge in [-0.25, -0.2) is 0 Å². The SMILES string of the molecule is Cc1cc(Cl)c(Br)cc1C(=O)Cl. The minimum absolute atomic E-state index is 0.468. The Hall–Kier alpha value is -0.0500. The summed E-state index contributed by atoms with van der Waals surface area (Å²) >= 11 is 14.3. The standard InChI is InChI=1S/C8H5BrCl2O/c1-4-2-7(10)6(9)3-5(4)8(11)12/h2-3H,1H3. The number of aryl methyl sites for hydroxylation is 1. The van der Waals surface area contributed by atoms with Gasteiger partial charge in [-0.05, 0) is 52.2 Å². The molecule has 1 nitrogen and oxygen atoms in total. The molecule has 12 heavy (non-hydrogen) atoms. The normalized spacial score (nSPS) is 10.0. The third-order valence-corrected chi connectivity index (χ3v) is 2.88. The predicted octanol–water partition coefficient (Wildman–Crippen LogP) is 3.79. The van der Waals surface area contributed by atoms with E-state index in [2.05, 4.69) is 15.9 Å². The summed E-state index contributed by atoms with van der Waals surface area (Å²) in [4.78, 5) is 10.8. The molecule has 0 amide bonds. The zero-order valence-electron chi connectivity index (χ0n) is 6.20. The quantitative estimate of drug-likeness (QED) is 0.708. The van der Waals surface area contributed by atoms with Gasteiger partial charge in [-0.2, -0.15) is 0 Å². The second-order valence-corrected chi connectivity index (χ2v) is 3.96. The maximum Gasteiger partial charge on any atom is 0.252 e. The zero-order valence-corrected chi connectivity index (χ0v) is 9.29. The average molecular weight is 268 g/mol. The highest BCUT2D eigenvalue weighted by molar-refractivity contribution is 9.10. The first-order chi connectivity index (χ1) is 5.52. The van der Waals surface area contributed by atoms with Crippen molar-refractivity contribution in [2.45, 2.75) is 6.92 Å². The third kappa shape index (κ3) is 2.00. The summed E-state index contributed by atoms with van der Waals surface area (Å²) < 4.78 is 0.679. The van der Waals surface area contributed by atoms with Gasteiger partial charge < -0.3 is 0 Å². The summed E-state index contributed by atoms with van der Waals surface area (Å²) in [6.45, 7) is 1.79. The second-order valence-electron chi connectivity index (χ2n) is 2.35. The number of carbonyl (C=O) groups is 1. The lowest BCUT2D eigenvalue weighted by atomic mass is 10.1. The third-order valence-electron chi connectivity index (χ3n) is 1.48. The van der Waals surface area contributed by atoms with E-state index in [4.69, 9.17) is 23.2 Å². The van der Waals surface area contributed by atoms with Crippen molar-refractivity contribution in [1.29, 1.82) is 0 Å². The van der Waals surface area contributed by atoms with Crippen molar-refractivity contribution in [2.24, 2.45) is 0 Å². The van der Waals surface area contributed by atoms with Gasteiger partial charge in [0.15, 0.2) is 0 Å². The van der Waals surface area contributed by atoms with Crippen LogP contribution in [-0.4, -0.2) is 5.24 Å². The molecular weight excluding hydrogens is 263 g/mol. The van der Waals surface area contributed by atoms with Gasteiger partial charge in [0.05, 0.1) is 5.02 Å². The summed E-state index contributed by atoms with van der Waals surface area (Å²) in [6, 6.07) is 3.31. The van der Waals surface area contributed by atoms with Crippen LogP contribution in [0.5, 0.6) is 0 Å². The van der Waals surface area contributed by atoms with Gasteiger partial charge in [-0.15, -0.1) is 0 Å². The van der Waals surface area contributed by atoms with Crippen molar-refractivity contribution >= 4 is 44.4 Å². The maximum atomic E-state index is 10.8. The molecule has 0 fully saturated rings. The largest absolute Gasteiger partial charge is 0.276 e. The van der Waals surface area contributed by atoms with Crippen LogP contribution < -0.4 is 0 Å². The number of halogens is 3. The van der Waals surface area contributed by atoms with E-state index >= 15 is 0 Å². The van der Waals surface area contributed by atoms with Crippen LogP contribution in [0.1, 0.15) is 15.9 Å². The van der Waals surface area contributed by atoms with Crippen LogP contribution in [0, 0.1) is 6.92 Å². The first-order valence-electron chi connectivity index (χ1n) is 3.18. The van der Waals surface area contributed by atoms with E-state index in [1.165, 1.54) is 0 Å². The molecule has 0 saturated carbocycles. The number of hydrogen-bond acceptors (Lipinski definition) is 1. The minimum Gasteiger partial charge on any atom is -0.276 e. The van der Waals surface area contributed by atoms with Gasteiger partial charge in [-0.3, -0.25) is 4.79 Å². The molecule has 0 radical (unpaired) electrons. The van der Waals surface area contributed by atoms with Crippen LogP contribution in [0.2, 0.25) is 5.02 Å². The van der Waals surface area contributed by atoms with Crippen LogP contribution in [0.25, 0.3) is 0 Å². The van der Waals surface area contributed by atoms with Gasteiger partial charge in [0.1, 0.15) is 0 Å². The van der Waals surface area contributed by atoms with Gasteiger partial charge in [0, 0.05) is 10.0 Å². The summed E-state index contributed by atoms with van der Waals surface area (Å²) in [5, 5.41) is 0.110. The second kappa shape index (κ2) is 3.77. The van der Waals surface area contributed by atoms with Gasteiger partial charge in [0.2, 0.25) is 0 Å².